The molecule has 98 valence electrons. The summed E-state index contributed by atoms with van der Waals surface area (Å²) in [6.07, 6.45) is 2.10. The lowest BCUT2D eigenvalue weighted by Gasteiger charge is -2.11. The molecule has 0 saturated heterocycles. The SMILES string of the molecule is Cn1cc2c3cc(Br)ccc3nc-2c2cccc(Cl)c21. The van der Waals surface area contributed by atoms with Crippen LogP contribution < -0.4 is 0 Å². The molecule has 2 aromatic carbocycles. The molecule has 2 aliphatic heterocycles. The molecule has 0 saturated carbocycles. The topological polar surface area (TPSA) is 17.8 Å². The number of fused-ring (bicyclic) bond motifs is 5. The zero-order valence-corrected chi connectivity index (χ0v) is 13.0. The predicted octanol–water partition coefficient (Wildman–Crippen LogP) is 5.25. The molecule has 0 bridgehead atoms. The van der Waals surface area contributed by atoms with Crippen LogP contribution in [0.4, 0.5) is 0 Å². The first-order chi connectivity index (χ1) is 9.65. The van der Waals surface area contributed by atoms with E-state index in [2.05, 4.69) is 38.8 Å². The smallest absolute Gasteiger partial charge is 0.0824 e. The Bertz CT molecular complexity index is 942. The molecular weight excluding hydrogens is 336 g/mol. The first-order valence-corrected chi connectivity index (χ1v) is 7.45. The molecule has 0 amide bonds. The fourth-order valence-corrected chi connectivity index (χ4v) is 3.46. The number of hydrogen-bond donors (Lipinski definition) is 0. The van der Waals surface area contributed by atoms with E-state index in [0.717, 1.165) is 42.6 Å². The van der Waals surface area contributed by atoms with Crippen LogP contribution in [-0.4, -0.2) is 9.55 Å². The van der Waals surface area contributed by atoms with Gasteiger partial charge in [-0.2, -0.15) is 0 Å². The maximum absolute atomic E-state index is 6.33. The lowest BCUT2D eigenvalue weighted by molar-refractivity contribution is 0.955. The van der Waals surface area contributed by atoms with Gasteiger partial charge in [-0.1, -0.05) is 39.7 Å². The van der Waals surface area contributed by atoms with Gasteiger partial charge < -0.3 is 4.57 Å². The van der Waals surface area contributed by atoms with Crippen molar-refractivity contribution in [3.63, 3.8) is 0 Å². The summed E-state index contributed by atoms with van der Waals surface area (Å²) in [5.74, 6) is 0. The van der Waals surface area contributed by atoms with E-state index in [1.165, 1.54) is 0 Å². The monoisotopic (exact) mass is 344 g/mol. The highest BCUT2D eigenvalue weighted by Gasteiger charge is 2.17. The summed E-state index contributed by atoms with van der Waals surface area (Å²) in [5, 5.41) is 3.00. The van der Waals surface area contributed by atoms with Crippen LogP contribution in [0.2, 0.25) is 5.02 Å². The number of rotatable bonds is 0. The Balaban J connectivity index is 2.28. The Morgan fingerprint density at radius 3 is 2.85 bits per heavy atom. The summed E-state index contributed by atoms with van der Waals surface area (Å²) in [6.45, 7) is 0. The summed E-state index contributed by atoms with van der Waals surface area (Å²) in [7, 11) is 2.02. The van der Waals surface area contributed by atoms with E-state index in [1.807, 2.05) is 31.3 Å². The highest BCUT2D eigenvalue weighted by Crippen LogP contribution is 2.38. The molecule has 2 aromatic rings. The minimum Gasteiger partial charge on any atom is -0.349 e. The quantitative estimate of drug-likeness (QED) is 0.426. The fourth-order valence-electron chi connectivity index (χ4n) is 2.79. The Labute approximate surface area is 129 Å². The highest BCUT2D eigenvalue weighted by atomic mass is 79.9. The number of nitrogens with zero attached hydrogens (tertiary/aromatic N) is 2. The van der Waals surface area contributed by atoms with Gasteiger partial charge >= 0.3 is 0 Å². The zero-order chi connectivity index (χ0) is 13.9. The van der Waals surface area contributed by atoms with Crippen molar-refractivity contribution in [2.24, 2.45) is 7.05 Å². The standard InChI is InChI=1S/C16H10BrClN2/c1-20-8-12-11-7-9(17)5-6-14(11)19-15(12)10-3-2-4-13(18)16(10)20/h2-8H,1H3. The molecule has 0 radical (unpaired) electrons. The second-order valence-electron chi connectivity index (χ2n) is 4.91. The number of pyridine rings is 1. The maximum Gasteiger partial charge on any atom is 0.0824 e. The van der Waals surface area contributed by atoms with Crippen molar-refractivity contribution in [2.45, 2.75) is 0 Å². The average Bonchev–Trinajstić information content (AvgIpc) is 2.77. The van der Waals surface area contributed by atoms with Gasteiger partial charge in [-0.05, 0) is 24.3 Å². The van der Waals surface area contributed by atoms with Gasteiger partial charge in [0.05, 0.1) is 21.7 Å². The molecule has 20 heavy (non-hydrogen) atoms. The molecule has 0 aliphatic carbocycles. The van der Waals surface area contributed by atoms with Crippen LogP contribution in [0, 0.1) is 0 Å². The number of hydrogen-bond acceptors (Lipinski definition) is 1. The second-order valence-corrected chi connectivity index (χ2v) is 6.23. The number of para-hydroxylation sites is 1. The second kappa shape index (κ2) is 4.21. The zero-order valence-electron chi connectivity index (χ0n) is 10.7. The lowest BCUT2D eigenvalue weighted by Crippen LogP contribution is -1.96. The van der Waals surface area contributed by atoms with Crippen LogP contribution in [0.1, 0.15) is 0 Å². The molecular formula is C16H10BrClN2. The predicted molar refractivity (Wildman–Crippen MR) is 87.6 cm³/mol. The molecule has 4 heteroatoms. The van der Waals surface area contributed by atoms with E-state index in [4.69, 9.17) is 16.6 Å². The molecule has 0 aromatic heterocycles. The van der Waals surface area contributed by atoms with Crippen molar-refractivity contribution in [3.8, 4) is 11.3 Å². The van der Waals surface area contributed by atoms with Crippen LogP contribution in [0.5, 0.6) is 0 Å². The van der Waals surface area contributed by atoms with Crippen LogP contribution in [0.15, 0.2) is 47.1 Å². The minimum absolute atomic E-state index is 0.750. The van der Waals surface area contributed by atoms with Crippen molar-refractivity contribution in [1.82, 2.24) is 9.55 Å². The van der Waals surface area contributed by atoms with Crippen molar-refractivity contribution in [3.05, 3.63) is 52.1 Å². The normalized spacial score (nSPS) is 11.8. The van der Waals surface area contributed by atoms with Crippen LogP contribution in [0.25, 0.3) is 33.1 Å². The van der Waals surface area contributed by atoms with Gasteiger partial charge in [-0.15, -0.1) is 0 Å². The third-order valence-corrected chi connectivity index (χ3v) is 4.45. The summed E-state index contributed by atoms with van der Waals surface area (Å²) < 4.78 is 3.13. The molecule has 0 atom stereocenters. The Kier molecular flexibility index (Phi) is 2.56. The van der Waals surface area contributed by atoms with Crippen LogP contribution in [-0.2, 0) is 7.05 Å². The van der Waals surface area contributed by atoms with Gasteiger partial charge in [0.25, 0.3) is 0 Å². The van der Waals surface area contributed by atoms with E-state index in [-0.39, 0.29) is 0 Å². The van der Waals surface area contributed by atoms with Crippen LogP contribution >= 0.6 is 27.5 Å². The maximum atomic E-state index is 6.33. The molecule has 2 heterocycles. The van der Waals surface area contributed by atoms with Gasteiger partial charge in [0.15, 0.2) is 0 Å². The molecule has 2 nitrogen and oxygen atoms in total. The summed E-state index contributed by atoms with van der Waals surface area (Å²) >= 11 is 9.86. The summed E-state index contributed by atoms with van der Waals surface area (Å²) in [5.41, 5.74) is 4.19. The summed E-state index contributed by atoms with van der Waals surface area (Å²) in [6, 6.07) is 12.1. The Morgan fingerprint density at radius 2 is 2.00 bits per heavy atom. The molecule has 0 spiro atoms. The van der Waals surface area contributed by atoms with Gasteiger partial charge in [0.1, 0.15) is 0 Å². The van der Waals surface area contributed by atoms with Crippen molar-refractivity contribution >= 4 is 49.3 Å². The molecule has 2 aliphatic rings. The highest BCUT2D eigenvalue weighted by molar-refractivity contribution is 9.10. The van der Waals surface area contributed by atoms with E-state index in [1.54, 1.807) is 0 Å². The van der Waals surface area contributed by atoms with E-state index in [9.17, 15) is 0 Å². The summed E-state index contributed by atoms with van der Waals surface area (Å²) in [4.78, 5) is 4.77. The van der Waals surface area contributed by atoms with Crippen molar-refractivity contribution < 1.29 is 0 Å². The van der Waals surface area contributed by atoms with Crippen molar-refractivity contribution in [2.75, 3.05) is 0 Å². The minimum atomic E-state index is 0.750. The van der Waals surface area contributed by atoms with Crippen molar-refractivity contribution in [1.29, 1.82) is 0 Å². The first-order valence-electron chi connectivity index (χ1n) is 6.27. The number of benzene rings is 2. The Morgan fingerprint density at radius 1 is 1.15 bits per heavy atom. The largest absolute Gasteiger partial charge is 0.349 e. The van der Waals surface area contributed by atoms with Gasteiger partial charge in [0.2, 0.25) is 0 Å². The third kappa shape index (κ3) is 1.60. The fraction of sp³-hybridized carbons (Fsp3) is 0.0625. The van der Waals surface area contributed by atoms with Gasteiger partial charge in [-0.3, -0.25) is 0 Å². The molecule has 0 unspecified atom stereocenters. The van der Waals surface area contributed by atoms with Gasteiger partial charge in [-0.25, -0.2) is 4.98 Å². The number of aromatic nitrogens is 2. The molecule has 4 rings (SSSR count). The average molecular weight is 346 g/mol. The lowest BCUT2D eigenvalue weighted by atomic mass is 10.1. The van der Waals surface area contributed by atoms with E-state index >= 15 is 0 Å². The van der Waals surface area contributed by atoms with Crippen LogP contribution in [0.3, 0.4) is 0 Å². The van der Waals surface area contributed by atoms with E-state index in [0.29, 0.717) is 0 Å². The third-order valence-electron chi connectivity index (χ3n) is 3.65. The number of aryl methyl sites for hydroxylation is 1. The number of halogens is 2. The molecule has 0 fully saturated rings. The Hall–Kier alpha value is -1.58. The molecule has 0 N–H and O–H groups in total. The first kappa shape index (κ1) is 12.2. The van der Waals surface area contributed by atoms with E-state index < -0.39 is 0 Å². The van der Waals surface area contributed by atoms with Gasteiger partial charge in [0, 0.05) is 34.1 Å².